The molecule has 4 nitrogen and oxygen atoms in total. The molecule has 0 aliphatic rings. The molecule has 0 unspecified atom stereocenters. The summed E-state index contributed by atoms with van der Waals surface area (Å²) in [6.45, 7) is 4.13. The molecular formula is C26H42O4Zn. The summed E-state index contributed by atoms with van der Waals surface area (Å²) in [6.07, 6.45) is 21.2. The molecule has 0 amide bonds. The minimum Gasteiger partial charge on any atom is -0.481 e. The summed E-state index contributed by atoms with van der Waals surface area (Å²) in [4.78, 5) is 20.7. The van der Waals surface area contributed by atoms with Crippen molar-refractivity contribution in [3.05, 3.63) is 47.5 Å². The molecule has 0 aromatic heterocycles. The summed E-state index contributed by atoms with van der Waals surface area (Å²) in [6, 6.07) is 6.82. The molecule has 0 atom stereocenters. The van der Waals surface area contributed by atoms with Crippen molar-refractivity contribution in [2.45, 2.75) is 104 Å². The van der Waals surface area contributed by atoms with Crippen LogP contribution in [0, 0.1) is 6.92 Å². The molecule has 5 heteroatoms. The molecule has 31 heavy (non-hydrogen) atoms. The Morgan fingerprint density at radius 1 is 0.806 bits per heavy atom. The van der Waals surface area contributed by atoms with Gasteiger partial charge in [-0.25, -0.2) is 4.79 Å². The number of aromatic carboxylic acids is 1. The first-order chi connectivity index (χ1) is 14.5. The molecule has 0 radical (unpaired) electrons. The average Bonchev–Trinajstić information content (AvgIpc) is 2.71. The van der Waals surface area contributed by atoms with Crippen LogP contribution in [0.25, 0.3) is 0 Å². The summed E-state index contributed by atoms with van der Waals surface area (Å²) < 4.78 is 0. The quantitative estimate of drug-likeness (QED) is 0.143. The molecule has 1 aromatic carbocycles. The van der Waals surface area contributed by atoms with Crippen LogP contribution in [-0.2, 0) is 24.3 Å². The standard InChI is InChI=1S/C18H34O2.C8H8O2.Zn/c1-2-3-4-5-6-7-8-9-10-11-12-13-14-15-16-17-18(19)20;1-6-3-2-4-7(5-6)8(9)10;/h9-10H,2-8,11-17H2,1H3,(H,19,20);2-5H,1H3,(H,9,10);/b10-9-;;. The van der Waals surface area contributed by atoms with E-state index in [9.17, 15) is 9.59 Å². The topological polar surface area (TPSA) is 74.6 Å². The number of carboxylic acids is 2. The van der Waals surface area contributed by atoms with Crippen molar-refractivity contribution in [3.63, 3.8) is 0 Å². The van der Waals surface area contributed by atoms with E-state index >= 15 is 0 Å². The van der Waals surface area contributed by atoms with Gasteiger partial charge in [0.15, 0.2) is 0 Å². The van der Waals surface area contributed by atoms with Crippen LogP contribution >= 0.6 is 0 Å². The molecule has 0 aliphatic carbocycles. The number of allylic oxidation sites excluding steroid dienone is 2. The third-order valence-electron chi connectivity index (χ3n) is 4.92. The van der Waals surface area contributed by atoms with E-state index in [-0.39, 0.29) is 19.5 Å². The van der Waals surface area contributed by atoms with Gasteiger partial charge in [0.25, 0.3) is 0 Å². The van der Waals surface area contributed by atoms with E-state index in [2.05, 4.69) is 19.1 Å². The summed E-state index contributed by atoms with van der Waals surface area (Å²) in [5.74, 6) is -1.54. The first-order valence-electron chi connectivity index (χ1n) is 11.6. The van der Waals surface area contributed by atoms with Gasteiger partial charge in [-0.3, -0.25) is 4.79 Å². The fourth-order valence-electron chi connectivity index (χ4n) is 3.13. The Kier molecular flexibility index (Phi) is 23.7. The molecule has 0 saturated heterocycles. The summed E-state index contributed by atoms with van der Waals surface area (Å²) in [7, 11) is 0. The zero-order valence-corrected chi connectivity index (χ0v) is 22.7. The number of aliphatic carboxylic acids is 1. The SMILES string of the molecule is CCCCCCCC/C=C\CCCCCCCC(=O)O.Cc1cccc(C(=O)O)c1.[Zn]. The van der Waals surface area contributed by atoms with Crippen LogP contribution in [0.4, 0.5) is 0 Å². The second kappa shape index (κ2) is 23.2. The molecule has 0 saturated carbocycles. The Morgan fingerprint density at radius 3 is 1.77 bits per heavy atom. The Morgan fingerprint density at radius 2 is 1.32 bits per heavy atom. The minimum absolute atomic E-state index is 0. The van der Waals surface area contributed by atoms with Gasteiger partial charge in [0.2, 0.25) is 0 Å². The van der Waals surface area contributed by atoms with E-state index in [4.69, 9.17) is 10.2 Å². The molecule has 172 valence electrons. The fraction of sp³-hybridized carbons (Fsp3) is 0.615. The first kappa shape index (κ1) is 31.7. The number of carboxylic acid groups (broad SMARTS) is 2. The summed E-state index contributed by atoms with van der Waals surface area (Å²) in [5, 5.41) is 17.0. The van der Waals surface area contributed by atoms with E-state index in [1.165, 1.54) is 70.6 Å². The van der Waals surface area contributed by atoms with E-state index < -0.39 is 11.9 Å². The fourth-order valence-corrected chi connectivity index (χ4v) is 3.13. The van der Waals surface area contributed by atoms with Crippen molar-refractivity contribution in [2.24, 2.45) is 0 Å². The summed E-state index contributed by atoms with van der Waals surface area (Å²) in [5.41, 5.74) is 1.32. The van der Waals surface area contributed by atoms with Gasteiger partial charge in [-0.1, -0.05) is 88.1 Å². The molecular weight excluding hydrogens is 442 g/mol. The molecule has 0 aliphatic heterocycles. The van der Waals surface area contributed by atoms with Crippen LogP contribution in [0.5, 0.6) is 0 Å². The van der Waals surface area contributed by atoms with E-state index in [1.54, 1.807) is 18.2 Å². The zero-order chi connectivity index (χ0) is 22.5. The Labute approximate surface area is 202 Å². The van der Waals surface area contributed by atoms with Crippen LogP contribution in [0.2, 0.25) is 0 Å². The van der Waals surface area contributed by atoms with Crippen LogP contribution in [0.3, 0.4) is 0 Å². The van der Waals surface area contributed by atoms with Crippen LogP contribution in [0.1, 0.15) is 113 Å². The van der Waals surface area contributed by atoms with Crippen molar-refractivity contribution in [1.29, 1.82) is 0 Å². The van der Waals surface area contributed by atoms with Crippen molar-refractivity contribution in [1.82, 2.24) is 0 Å². The monoisotopic (exact) mass is 482 g/mol. The number of hydrogen-bond donors (Lipinski definition) is 2. The van der Waals surface area contributed by atoms with Gasteiger partial charge < -0.3 is 10.2 Å². The van der Waals surface area contributed by atoms with Crippen molar-refractivity contribution < 1.29 is 39.3 Å². The number of carbonyl (C=O) groups is 2. The van der Waals surface area contributed by atoms with Gasteiger partial charge in [0.05, 0.1) is 5.56 Å². The van der Waals surface area contributed by atoms with E-state index in [0.29, 0.717) is 12.0 Å². The van der Waals surface area contributed by atoms with Crippen molar-refractivity contribution in [2.75, 3.05) is 0 Å². The number of unbranched alkanes of at least 4 members (excludes halogenated alkanes) is 11. The van der Waals surface area contributed by atoms with Crippen LogP contribution in [-0.4, -0.2) is 22.2 Å². The largest absolute Gasteiger partial charge is 0.481 e. The zero-order valence-electron chi connectivity index (χ0n) is 19.8. The summed E-state index contributed by atoms with van der Waals surface area (Å²) >= 11 is 0. The van der Waals surface area contributed by atoms with Gasteiger partial charge in [-0.05, 0) is 51.2 Å². The molecule has 0 bridgehead atoms. The maximum Gasteiger partial charge on any atom is 0.335 e. The van der Waals surface area contributed by atoms with Gasteiger partial charge in [0.1, 0.15) is 0 Å². The predicted octanol–water partition coefficient (Wildman–Crippen LogP) is 7.80. The molecule has 1 aromatic rings. The van der Waals surface area contributed by atoms with E-state index in [0.717, 1.165) is 18.4 Å². The van der Waals surface area contributed by atoms with Crippen LogP contribution in [0.15, 0.2) is 36.4 Å². The van der Waals surface area contributed by atoms with Gasteiger partial charge in [-0.2, -0.15) is 0 Å². The van der Waals surface area contributed by atoms with Gasteiger partial charge >= 0.3 is 11.9 Å². The Balaban J connectivity index is 0. The number of benzene rings is 1. The second-order valence-corrected chi connectivity index (χ2v) is 7.90. The smallest absolute Gasteiger partial charge is 0.335 e. The number of hydrogen-bond acceptors (Lipinski definition) is 2. The maximum absolute atomic E-state index is 10.4. The van der Waals surface area contributed by atoms with Gasteiger partial charge in [0, 0.05) is 25.9 Å². The number of aryl methyl sites for hydroxylation is 1. The van der Waals surface area contributed by atoms with Crippen molar-refractivity contribution in [3.8, 4) is 0 Å². The third kappa shape index (κ3) is 23.0. The third-order valence-corrected chi connectivity index (χ3v) is 4.92. The molecule has 0 spiro atoms. The van der Waals surface area contributed by atoms with E-state index in [1.807, 2.05) is 13.0 Å². The molecule has 2 N–H and O–H groups in total. The second-order valence-electron chi connectivity index (χ2n) is 7.90. The first-order valence-corrected chi connectivity index (χ1v) is 11.6. The van der Waals surface area contributed by atoms with Crippen molar-refractivity contribution >= 4 is 11.9 Å². The average molecular weight is 484 g/mol. The Bertz CT molecular complexity index is 599. The normalized spacial score (nSPS) is 10.3. The maximum atomic E-state index is 10.4. The molecule has 0 fully saturated rings. The Hall–Kier alpha value is -1.48. The predicted molar refractivity (Wildman–Crippen MR) is 125 cm³/mol. The molecule has 1 rings (SSSR count). The van der Waals surface area contributed by atoms with Gasteiger partial charge in [-0.15, -0.1) is 0 Å². The van der Waals surface area contributed by atoms with Crippen LogP contribution < -0.4 is 0 Å². The number of rotatable bonds is 16. The minimum atomic E-state index is -0.872. The molecule has 0 heterocycles.